The normalized spacial score (nSPS) is 11.4. The van der Waals surface area contributed by atoms with E-state index in [1.165, 1.54) is 17.3 Å². The van der Waals surface area contributed by atoms with E-state index < -0.39 is 0 Å². The molecule has 0 aliphatic rings. The Labute approximate surface area is 206 Å². The van der Waals surface area contributed by atoms with Gasteiger partial charge in [0.1, 0.15) is 12.4 Å². The first-order chi connectivity index (χ1) is 15.2. The maximum Gasteiger partial charge on any atom is 0.234 e. The van der Waals surface area contributed by atoms with Crippen LogP contribution in [0.25, 0.3) is 0 Å². The lowest BCUT2D eigenvalue weighted by Crippen LogP contribution is -2.15. The van der Waals surface area contributed by atoms with E-state index in [0.717, 1.165) is 10.2 Å². The van der Waals surface area contributed by atoms with Crippen LogP contribution < -0.4 is 10.1 Å². The molecule has 1 heterocycles. The first-order valence-corrected chi connectivity index (χ1v) is 12.4. The number of thioether (sulfide) groups is 1. The van der Waals surface area contributed by atoms with Crippen LogP contribution >= 0.6 is 39.3 Å². The van der Waals surface area contributed by atoms with Crippen molar-refractivity contribution in [2.24, 2.45) is 0 Å². The van der Waals surface area contributed by atoms with Crippen LogP contribution in [0.3, 0.4) is 0 Å². The minimum Gasteiger partial charge on any atom is -0.486 e. The third-order valence-electron chi connectivity index (χ3n) is 4.74. The van der Waals surface area contributed by atoms with Gasteiger partial charge in [-0.05, 0) is 48.2 Å². The summed E-state index contributed by atoms with van der Waals surface area (Å²) in [6, 6.07) is 13.4. The lowest BCUT2D eigenvalue weighted by Gasteiger charge is -2.19. The molecule has 0 bridgehead atoms. The zero-order valence-electron chi connectivity index (χ0n) is 18.5. The van der Waals surface area contributed by atoms with Gasteiger partial charge in [-0.1, -0.05) is 72.2 Å². The van der Waals surface area contributed by atoms with Crippen LogP contribution in [0.15, 0.2) is 52.1 Å². The number of halogens is 2. The fourth-order valence-corrected chi connectivity index (χ4v) is 4.50. The second-order valence-electron chi connectivity index (χ2n) is 8.17. The van der Waals surface area contributed by atoms with Gasteiger partial charge in [0, 0.05) is 11.0 Å². The maximum absolute atomic E-state index is 12.4. The van der Waals surface area contributed by atoms with Crippen molar-refractivity contribution in [3.05, 3.63) is 63.3 Å². The smallest absolute Gasteiger partial charge is 0.234 e. The molecule has 170 valence electrons. The summed E-state index contributed by atoms with van der Waals surface area (Å²) in [6.45, 7) is 9.53. The van der Waals surface area contributed by atoms with E-state index in [0.29, 0.717) is 34.8 Å². The Kier molecular flexibility index (Phi) is 8.25. The van der Waals surface area contributed by atoms with Crippen molar-refractivity contribution >= 4 is 50.9 Å². The van der Waals surface area contributed by atoms with Crippen molar-refractivity contribution in [2.45, 2.75) is 51.4 Å². The Balaban J connectivity index is 1.57. The SMILES string of the molecule is CCn1c(COc2ccc(C(C)(C)C)cc2)nnc1SCC(=O)Nc1ccc(Br)cc1Cl. The summed E-state index contributed by atoms with van der Waals surface area (Å²) in [6.07, 6.45) is 0. The number of rotatable bonds is 8. The zero-order valence-corrected chi connectivity index (χ0v) is 21.6. The van der Waals surface area contributed by atoms with Crippen LogP contribution in [0.1, 0.15) is 39.1 Å². The standard InChI is InChI=1S/C23H26BrClN4O2S/c1-5-29-20(13-31-17-9-6-15(7-10-17)23(2,3)4)27-28-22(29)32-14-21(30)26-19-11-8-16(24)12-18(19)25/h6-12H,5,13-14H2,1-4H3,(H,26,30). The fourth-order valence-electron chi connectivity index (χ4n) is 2.96. The van der Waals surface area contributed by atoms with E-state index in [4.69, 9.17) is 16.3 Å². The summed E-state index contributed by atoms with van der Waals surface area (Å²) in [5, 5.41) is 12.5. The molecule has 3 aromatic rings. The third kappa shape index (κ3) is 6.49. The van der Waals surface area contributed by atoms with E-state index >= 15 is 0 Å². The van der Waals surface area contributed by atoms with Gasteiger partial charge in [-0.3, -0.25) is 4.79 Å². The number of anilines is 1. The third-order valence-corrected chi connectivity index (χ3v) is 6.51. The van der Waals surface area contributed by atoms with Gasteiger partial charge >= 0.3 is 0 Å². The maximum atomic E-state index is 12.4. The van der Waals surface area contributed by atoms with Crippen molar-refractivity contribution in [3.8, 4) is 5.75 Å². The average Bonchev–Trinajstić information content (AvgIpc) is 3.14. The molecule has 3 rings (SSSR count). The number of benzene rings is 2. The van der Waals surface area contributed by atoms with Crippen LogP contribution in [-0.4, -0.2) is 26.4 Å². The van der Waals surface area contributed by atoms with Crippen LogP contribution in [0.2, 0.25) is 5.02 Å². The molecule has 0 fully saturated rings. The topological polar surface area (TPSA) is 69.0 Å². The number of amides is 1. The lowest BCUT2D eigenvalue weighted by atomic mass is 9.87. The Morgan fingerprint density at radius 3 is 2.53 bits per heavy atom. The summed E-state index contributed by atoms with van der Waals surface area (Å²) in [5.74, 6) is 1.52. The second kappa shape index (κ2) is 10.7. The van der Waals surface area contributed by atoms with Gasteiger partial charge in [0.05, 0.1) is 16.5 Å². The molecule has 1 amide bonds. The number of ether oxygens (including phenoxy) is 1. The van der Waals surface area contributed by atoms with Crippen molar-refractivity contribution in [3.63, 3.8) is 0 Å². The monoisotopic (exact) mass is 536 g/mol. The molecule has 1 aromatic heterocycles. The number of nitrogens with one attached hydrogen (secondary N) is 1. The van der Waals surface area contributed by atoms with Gasteiger partial charge < -0.3 is 14.6 Å². The number of carbonyl (C=O) groups excluding carboxylic acids is 1. The van der Waals surface area contributed by atoms with Gasteiger partial charge in [0.15, 0.2) is 11.0 Å². The van der Waals surface area contributed by atoms with Gasteiger partial charge in [-0.2, -0.15) is 0 Å². The van der Waals surface area contributed by atoms with Gasteiger partial charge in [0.2, 0.25) is 5.91 Å². The predicted octanol–water partition coefficient (Wildman–Crippen LogP) is 6.32. The number of nitrogens with zero attached hydrogens (tertiary/aromatic N) is 3. The number of aromatic nitrogens is 3. The van der Waals surface area contributed by atoms with E-state index in [1.54, 1.807) is 12.1 Å². The molecule has 0 aliphatic carbocycles. The largest absolute Gasteiger partial charge is 0.486 e. The average molecular weight is 538 g/mol. The molecule has 0 aliphatic heterocycles. The molecule has 0 unspecified atom stereocenters. The first-order valence-electron chi connectivity index (χ1n) is 10.2. The Morgan fingerprint density at radius 2 is 1.91 bits per heavy atom. The molecule has 9 heteroatoms. The fraction of sp³-hybridized carbons (Fsp3) is 0.348. The molecular weight excluding hydrogens is 512 g/mol. The molecule has 2 aromatic carbocycles. The van der Waals surface area contributed by atoms with Crippen molar-refractivity contribution < 1.29 is 9.53 Å². The highest BCUT2D eigenvalue weighted by Crippen LogP contribution is 2.27. The molecule has 0 radical (unpaired) electrons. The summed E-state index contributed by atoms with van der Waals surface area (Å²) in [7, 11) is 0. The Morgan fingerprint density at radius 1 is 1.19 bits per heavy atom. The zero-order chi connectivity index (χ0) is 23.3. The number of carbonyl (C=O) groups is 1. The lowest BCUT2D eigenvalue weighted by molar-refractivity contribution is -0.113. The molecule has 0 spiro atoms. The quantitative estimate of drug-likeness (QED) is 0.341. The van der Waals surface area contributed by atoms with Crippen LogP contribution in [0.5, 0.6) is 5.75 Å². The molecular formula is C23H26BrClN4O2S. The second-order valence-corrected chi connectivity index (χ2v) is 10.4. The van der Waals surface area contributed by atoms with Crippen molar-refractivity contribution in [1.29, 1.82) is 0 Å². The van der Waals surface area contributed by atoms with Crippen LogP contribution in [0, 0.1) is 0 Å². The summed E-state index contributed by atoms with van der Waals surface area (Å²) >= 11 is 10.8. The van der Waals surface area contributed by atoms with Crippen molar-refractivity contribution in [1.82, 2.24) is 14.8 Å². The predicted molar refractivity (Wildman–Crippen MR) is 134 cm³/mol. The van der Waals surface area contributed by atoms with E-state index in [-0.39, 0.29) is 17.1 Å². The Hall–Kier alpha value is -2.03. The van der Waals surface area contributed by atoms with E-state index in [9.17, 15) is 4.79 Å². The number of hydrogen-bond acceptors (Lipinski definition) is 5. The molecule has 1 N–H and O–H groups in total. The first kappa shape index (κ1) is 24.6. The highest BCUT2D eigenvalue weighted by molar-refractivity contribution is 9.10. The molecule has 0 saturated heterocycles. The van der Waals surface area contributed by atoms with E-state index in [1.807, 2.05) is 29.7 Å². The van der Waals surface area contributed by atoms with E-state index in [2.05, 4.69) is 64.3 Å². The number of hydrogen-bond donors (Lipinski definition) is 1. The van der Waals surface area contributed by atoms with Gasteiger partial charge in [0.25, 0.3) is 0 Å². The highest BCUT2D eigenvalue weighted by atomic mass is 79.9. The molecule has 0 saturated carbocycles. The molecule has 6 nitrogen and oxygen atoms in total. The Bertz CT molecular complexity index is 1080. The molecule has 32 heavy (non-hydrogen) atoms. The summed E-state index contributed by atoms with van der Waals surface area (Å²) in [4.78, 5) is 12.4. The minimum atomic E-state index is -0.165. The minimum absolute atomic E-state index is 0.0992. The van der Waals surface area contributed by atoms with Gasteiger partial charge in [-0.25, -0.2) is 0 Å². The highest BCUT2D eigenvalue weighted by Gasteiger charge is 2.16. The van der Waals surface area contributed by atoms with Gasteiger partial charge in [-0.15, -0.1) is 10.2 Å². The molecule has 0 atom stereocenters. The van der Waals surface area contributed by atoms with Crippen molar-refractivity contribution in [2.75, 3.05) is 11.1 Å². The summed E-state index contributed by atoms with van der Waals surface area (Å²) in [5.41, 5.74) is 1.93. The summed E-state index contributed by atoms with van der Waals surface area (Å²) < 4.78 is 8.72. The van der Waals surface area contributed by atoms with Crippen LogP contribution in [-0.2, 0) is 23.4 Å². The van der Waals surface area contributed by atoms with Crippen LogP contribution in [0.4, 0.5) is 5.69 Å².